The summed E-state index contributed by atoms with van der Waals surface area (Å²) in [5.41, 5.74) is 3.81. The predicted octanol–water partition coefficient (Wildman–Crippen LogP) is -0.0428. The molecule has 2 aromatic heterocycles. The normalized spacial score (nSPS) is 20.7. The van der Waals surface area contributed by atoms with E-state index < -0.39 is 0 Å². The van der Waals surface area contributed by atoms with Crippen molar-refractivity contribution in [2.75, 3.05) is 31.5 Å². The monoisotopic (exact) mass is 414 g/mol. The number of nitrogens with one attached hydrogen (secondary N) is 3. The van der Waals surface area contributed by atoms with Crippen LogP contribution in [-0.4, -0.2) is 52.9 Å². The maximum atomic E-state index is 12.8. The van der Waals surface area contributed by atoms with Crippen LogP contribution in [0.1, 0.15) is 23.3 Å². The standard InChI is InChI=1S/C21H28N6OS/c1-14-20(15(2)25(4)24-14)23-21(28)16(3)27-11-9-26(10-12-27)13-19-22-17-7-5-6-8-18(17)29-19/h5-8,16H,9-13H2,1-4H3,(H,23,28)/p+2/t16-/m0/s1. The first-order valence-electron chi connectivity index (χ1n) is 10.3. The second kappa shape index (κ2) is 8.22. The van der Waals surface area contributed by atoms with E-state index in [1.807, 2.05) is 38.6 Å². The molecule has 1 saturated heterocycles. The minimum Gasteiger partial charge on any atom is -0.320 e. The Hall–Kier alpha value is -2.29. The molecule has 154 valence electrons. The Labute approximate surface area is 175 Å². The third-order valence-electron chi connectivity index (χ3n) is 6.10. The van der Waals surface area contributed by atoms with Crippen molar-refractivity contribution < 1.29 is 14.6 Å². The second-order valence-electron chi connectivity index (χ2n) is 8.04. The molecular formula is C21H30N6OS+2. The van der Waals surface area contributed by atoms with Crippen LogP contribution in [0.2, 0.25) is 0 Å². The fourth-order valence-corrected chi connectivity index (χ4v) is 5.15. The van der Waals surface area contributed by atoms with Crippen molar-refractivity contribution in [1.29, 1.82) is 0 Å². The average molecular weight is 415 g/mol. The number of thiazole rings is 1. The lowest BCUT2D eigenvalue weighted by Gasteiger charge is -2.32. The summed E-state index contributed by atoms with van der Waals surface area (Å²) in [4.78, 5) is 20.5. The molecule has 0 unspecified atom stereocenters. The molecule has 3 aromatic rings. The van der Waals surface area contributed by atoms with Crippen molar-refractivity contribution >= 4 is 33.1 Å². The highest BCUT2D eigenvalue weighted by molar-refractivity contribution is 7.18. The van der Waals surface area contributed by atoms with Gasteiger partial charge in [0.1, 0.15) is 37.7 Å². The number of anilines is 1. The molecule has 1 aromatic carbocycles. The Bertz CT molecular complexity index is 985. The summed E-state index contributed by atoms with van der Waals surface area (Å²) in [5, 5.41) is 8.70. The molecular weight excluding hydrogens is 384 g/mol. The van der Waals surface area contributed by atoms with E-state index in [1.165, 1.54) is 14.6 Å². The number of hydrogen-bond donors (Lipinski definition) is 3. The number of benzene rings is 1. The maximum absolute atomic E-state index is 12.8. The van der Waals surface area contributed by atoms with Crippen LogP contribution in [0.3, 0.4) is 0 Å². The summed E-state index contributed by atoms with van der Waals surface area (Å²) in [6, 6.07) is 8.26. The van der Waals surface area contributed by atoms with Gasteiger partial charge in [-0.3, -0.25) is 9.48 Å². The molecule has 1 fully saturated rings. The Morgan fingerprint density at radius 3 is 2.62 bits per heavy atom. The molecule has 0 bridgehead atoms. The Morgan fingerprint density at radius 1 is 1.24 bits per heavy atom. The van der Waals surface area contributed by atoms with E-state index in [2.05, 4.69) is 28.6 Å². The largest absolute Gasteiger partial charge is 0.320 e. The van der Waals surface area contributed by atoms with E-state index in [0.29, 0.717) is 0 Å². The first-order chi connectivity index (χ1) is 13.9. The van der Waals surface area contributed by atoms with Crippen LogP contribution in [0, 0.1) is 13.8 Å². The average Bonchev–Trinajstić information content (AvgIpc) is 3.23. The number of para-hydroxylation sites is 1. The Morgan fingerprint density at radius 2 is 1.97 bits per heavy atom. The summed E-state index contributed by atoms with van der Waals surface area (Å²) < 4.78 is 3.07. The number of amides is 1. The topological polar surface area (TPSA) is 68.7 Å². The quantitative estimate of drug-likeness (QED) is 0.549. The second-order valence-corrected chi connectivity index (χ2v) is 9.16. The van der Waals surface area contributed by atoms with Crippen LogP contribution in [0.15, 0.2) is 24.3 Å². The van der Waals surface area contributed by atoms with Crippen LogP contribution in [-0.2, 0) is 18.4 Å². The summed E-state index contributed by atoms with van der Waals surface area (Å²) >= 11 is 1.80. The van der Waals surface area contributed by atoms with Gasteiger partial charge in [0, 0.05) is 7.05 Å². The highest BCUT2D eigenvalue weighted by Gasteiger charge is 2.32. The van der Waals surface area contributed by atoms with E-state index in [1.54, 1.807) is 16.2 Å². The molecule has 8 heteroatoms. The number of nitrogens with zero attached hydrogens (tertiary/aromatic N) is 3. The van der Waals surface area contributed by atoms with Crippen molar-refractivity contribution in [1.82, 2.24) is 14.8 Å². The molecule has 0 saturated carbocycles. The lowest BCUT2D eigenvalue weighted by Crippen LogP contribution is -3.29. The Balaban J connectivity index is 1.32. The zero-order valence-electron chi connectivity index (χ0n) is 17.6. The SMILES string of the molecule is Cc1nn(C)c(C)c1NC(=O)[C@H](C)[NH+]1CC[NH+](Cc2nc3ccccc3s2)CC1. The number of fused-ring (bicyclic) bond motifs is 1. The van der Waals surface area contributed by atoms with Crippen LogP contribution in [0.4, 0.5) is 5.69 Å². The van der Waals surface area contributed by atoms with Gasteiger partial charge in [0.05, 0.1) is 27.3 Å². The van der Waals surface area contributed by atoms with Crippen LogP contribution in [0.5, 0.6) is 0 Å². The number of rotatable bonds is 5. The molecule has 4 rings (SSSR count). The molecule has 1 aliphatic heterocycles. The molecule has 7 nitrogen and oxygen atoms in total. The molecule has 29 heavy (non-hydrogen) atoms. The van der Waals surface area contributed by atoms with Gasteiger partial charge in [-0.25, -0.2) is 4.98 Å². The van der Waals surface area contributed by atoms with E-state index >= 15 is 0 Å². The molecule has 1 atom stereocenters. The number of aryl methyl sites for hydroxylation is 2. The Kier molecular flexibility index (Phi) is 5.67. The van der Waals surface area contributed by atoms with Crippen molar-refractivity contribution in [3.8, 4) is 0 Å². The minimum atomic E-state index is -0.0713. The van der Waals surface area contributed by atoms with Gasteiger partial charge < -0.3 is 15.1 Å². The molecule has 1 aliphatic rings. The van der Waals surface area contributed by atoms with E-state index in [0.717, 1.165) is 55.3 Å². The van der Waals surface area contributed by atoms with Crippen LogP contribution < -0.4 is 15.1 Å². The first-order valence-corrected chi connectivity index (χ1v) is 11.1. The summed E-state index contributed by atoms with van der Waals surface area (Å²) in [7, 11) is 1.90. The van der Waals surface area contributed by atoms with Crippen molar-refractivity contribution in [2.24, 2.45) is 7.05 Å². The smallest absolute Gasteiger partial charge is 0.282 e. The maximum Gasteiger partial charge on any atom is 0.282 e. The molecule has 0 aliphatic carbocycles. The number of piperazine rings is 1. The van der Waals surface area contributed by atoms with E-state index in [-0.39, 0.29) is 11.9 Å². The van der Waals surface area contributed by atoms with Crippen molar-refractivity contribution in [3.63, 3.8) is 0 Å². The number of hydrogen-bond acceptors (Lipinski definition) is 4. The van der Waals surface area contributed by atoms with Gasteiger partial charge >= 0.3 is 0 Å². The number of quaternary nitrogens is 2. The van der Waals surface area contributed by atoms with E-state index in [4.69, 9.17) is 4.98 Å². The molecule has 0 radical (unpaired) electrons. The van der Waals surface area contributed by atoms with Gasteiger partial charge in [-0.1, -0.05) is 12.1 Å². The molecule has 1 amide bonds. The highest BCUT2D eigenvalue weighted by Crippen LogP contribution is 2.21. The van der Waals surface area contributed by atoms with Gasteiger partial charge in [-0.15, -0.1) is 11.3 Å². The van der Waals surface area contributed by atoms with Gasteiger partial charge in [0.15, 0.2) is 6.04 Å². The minimum absolute atomic E-state index is 0.0713. The van der Waals surface area contributed by atoms with Crippen LogP contribution in [0.25, 0.3) is 10.2 Å². The zero-order chi connectivity index (χ0) is 20.5. The lowest BCUT2D eigenvalue weighted by molar-refractivity contribution is -1.02. The molecule has 0 spiro atoms. The first kappa shape index (κ1) is 20.0. The molecule has 3 heterocycles. The van der Waals surface area contributed by atoms with Crippen LogP contribution >= 0.6 is 11.3 Å². The summed E-state index contributed by atoms with van der Waals surface area (Å²) in [6.45, 7) is 11.1. The summed E-state index contributed by atoms with van der Waals surface area (Å²) in [6.07, 6.45) is 0. The number of carbonyl (C=O) groups excluding carboxylic acids is 1. The fourth-order valence-electron chi connectivity index (χ4n) is 4.12. The van der Waals surface area contributed by atoms with Crippen molar-refractivity contribution in [2.45, 2.75) is 33.4 Å². The van der Waals surface area contributed by atoms with Gasteiger partial charge in [0.25, 0.3) is 5.91 Å². The predicted molar refractivity (Wildman–Crippen MR) is 115 cm³/mol. The van der Waals surface area contributed by atoms with Gasteiger partial charge in [-0.05, 0) is 32.9 Å². The lowest BCUT2D eigenvalue weighted by atomic mass is 10.2. The van der Waals surface area contributed by atoms with Gasteiger partial charge in [0.2, 0.25) is 0 Å². The highest BCUT2D eigenvalue weighted by atomic mass is 32.1. The fraction of sp³-hybridized carbons (Fsp3) is 0.476. The van der Waals surface area contributed by atoms with E-state index in [9.17, 15) is 4.79 Å². The zero-order valence-corrected chi connectivity index (χ0v) is 18.4. The van der Waals surface area contributed by atoms with Gasteiger partial charge in [-0.2, -0.15) is 5.10 Å². The molecule has 3 N–H and O–H groups in total. The third-order valence-corrected chi connectivity index (χ3v) is 7.14. The number of aromatic nitrogens is 3. The number of carbonyl (C=O) groups is 1. The van der Waals surface area contributed by atoms with Crippen molar-refractivity contribution in [3.05, 3.63) is 40.7 Å². The summed E-state index contributed by atoms with van der Waals surface area (Å²) in [5.74, 6) is 0.0776. The third kappa shape index (κ3) is 4.19.